The molecule has 0 unspecified atom stereocenters. The van der Waals surface area contributed by atoms with E-state index in [2.05, 4.69) is 0 Å². The van der Waals surface area contributed by atoms with Gasteiger partial charge in [0.25, 0.3) is 0 Å². The Hall–Kier alpha value is -2.56. The number of aryl methyl sites for hydroxylation is 2. The van der Waals surface area contributed by atoms with Gasteiger partial charge in [0.05, 0.1) is 11.3 Å². The van der Waals surface area contributed by atoms with Gasteiger partial charge in [-0.3, -0.25) is 0 Å². The summed E-state index contributed by atoms with van der Waals surface area (Å²) in [5, 5.41) is 8.81. The van der Waals surface area contributed by atoms with Crippen molar-refractivity contribution in [2.75, 3.05) is 5.73 Å². The third-order valence-corrected chi connectivity index (χ3v) is 2.89. The first kappa shape index (κ1) is 13.9. The summed E-state index contributed by atoms with van der Waals surface area (Å²) in [5.41, 5.74) is 7.17. The van der Waals surface area contributed by atoms with Crippen LogP contribution in [0.3, 0.4) is 0 Å². The molecule has 3 N–H and O–H groups in total. The lowest BCUT2D eigenvalue weighted by Crippen LogP contribution is -2.03. The van der Waals surface area contributed by atoms with Gasteiger partial charge in [0.1, 0.15) is 11.6 Å². The molecule has 0 saturated carbocycles. The normalized spacial score (nSPS) is 10.3. The van der Waals surface area contributed by atoms with E-state index < -0.39 is 17.3 Å². The van der Waals surface area contributed by atoms with E-state index in [1.807, 2.05) is 26.0 Å². The fraction of sp³-hybridized carbons (Fsp3) is 0.133. The van der Waals surface area contributed by atoms with Crippen LogP contribution in [0, 0.1) is 19.7 Å². The zero-order chi connectivity index (χ0) is 14.9. The van der Waals surface area contributed by atoms with E-state index in [1.165, 1.54) is 0 Å². The number of aromatic carboxylic acids is 1. The average molecular weight is 275 g/mol. The number of nitrogens with two attached hydrogens (primary N) is 1. The Bertz CT molecular complexity index is 683. The standard InChI is InChI=1S/C15H14FNO3/c1-8-3-4-9(2)13(5-8)20-14-7-11(16)10(15(18)19)6-12(14)17/h3-7H,17H2,1-2H3,(H,18,19). The molecule has 0 saturated heterocycles. The second-order valence-corrected chi connectivity index (χ2v) is 4.55. The topological polar surface area (TPSA) is 72.5 Å². The molecule has 2 aromatic carbocycles. The molecule has 5 heteroatoms. The quantitative estimate of drug-likeness (QED) is 0.841. The lowest BCUT2D eigenvalue weighted by molar-refractivity contribution is 0.0692. The molecule has 0 bridgehead atoms. The largest absolute Gasteiger partial charge is 0.478 e. The van der Waals surface area contributed by atoms with Gasteiger partial charge < -0.3 is 15.6 Å². The maximum absolute atomic E-state index is 13.6. The molecule has 0 atom stereocenters. The van der Waals surface area contributed by atoms with Crippen molar-refractivity contribution in [3.05, 3.63) is 52.8 Å². The van der Waals surface area contributed by atoms with E-state index in [0.717, 1.165) is 23.3 Å². The third-order valence-electron chi connectivity index (χ3n) is 2.89. The molecule has 0 aromatic heterocycles. The number of nitrogen functional groups attached to an aromatic ring is 1. The minimum atomic E-state index is -1.37. The summed E-state index contributed by atoms with van der Waals surface area (Å²) in [5.74, 6) is -1.60. The maximum atomic E-state index is 13.6. The zero-order valence-corrected chi connectivity index (χ0v) is 11.1. The van der Waals surface area contributed by atoms with Gasteiger partial charge in [0, 0.05) is 6.07 Å². The van der Waals surface area contributed by atoms with E-state index >= 15 is 0 Å². The second kappa shape index (κ2) is 5.21. The number of hydrogen-bond acceptors (Lipinski definition) is 3. The van der Waals surface area contributed by atoms with Crippen LogP contribution in [0.1, 0.15) is 21.5 Å². The van der Waals surface area contributed by atoms with Gasteiger partial charge in [-0.05, 0) is 37.1 Å². The predicted molar refractivity (Wildman–Crippen MR) is 73.8 cm³/mol. The van der Waals surface area contributed by atoms with Crippen molar-refractivity contribution >= 4 is 11.7 Å². The van der Waals surface area contributed by atoms with Gasteiger partial charge in [-0.25, -0.2) is 9.18 Å². The molecular weight excluding hydrogens is 261 g/mol. The third kappa shape index (κ3) is 2.71. The van der Waals surface area contributed by atoms with Gasteiger partial charge in [0.15, 0.2) is 5.75 Å². The van der Waals surface area contributed by atoms with Crippen molar-refractivity contribution in [2.45, 2.75) is 13.8 Å². The van der Waals surface area contributed by atoms with Crippen molar-refractivity contribution in [2.24, 2.45) is 0 Å². The Morgan fingerprint density at radius 2 is 1.90 bits per heavy atom. The molecule has 0 fully saturated rings. The lowest BCUT2D eigenvalue weighted by atomic mass is 10.1. The Labute approximate surface area is 115 Å². The SMILES string of the molecule is Cc1ccc(C)c(Oc2cc(F)c(C(=O)O)cc2N)c1. The Balaban J connectivity index is 2.42. The molecule has 104 valence electrons. The Morgan fingerprint density at radius 3 is 2.55 bits per heavy atom. The summed E-state index contributed by atoms with van der Waals surface area (Å²) in [4.78, 5) is 10.8. The number of ether oxygens (including phenoxy) is 1. The van der Waals surface area contributed by atoms with Crippen LogP contribution in [0.5, 0.6) is 11.5 Å². The van der Waals surface area contributed by atoms with Crippen LogP contribution in [0.25, 0.3) is 0 Å². The minimum absolute atomic E-state index is 0.0738. The van der Waals surface area contributed by atoms with E-state index in [9.17, 15) is 9.18 Å². The first-order valence-electron chi connectivity index (χ1n) is 5.96. The van der Waals surface area contributed by atoms with E-state index in [-0.39, 0.29) is 11.4 Å². The monoisotopic (exact) mass is 275 g/mol. The van der Waals surface area contributed by atoms with Crippen LogP contribution in [0.4, 0.5) is 10.1 Å². The summed E-state index contributed by atoms with van der Waals surface area (Å²) in [6, 6.07) is 7.65. The fourth-order valence-corrected chi connectivity index (χ4v) is 1.76. The van der Waals surface area contributed by atoms with Crippen LogP contribution in [-0.2, 0) is 0 Å². The fourth-order valence-electron chi connectivity index (χ4n) is 1.76. The number of carboxylic acids is 1. The second-order valence-electron chi connectivity index (χ2n) is 4.55. The highest BCUT2D eigenvalue weighted by Crippen LogP contribution is 2.32. The summed E-state index contributed by atoms with van der Waals surface area (Å²) in [7, 11) is 0. The summed E-state index contributed by atoms with van der Waals surface area (Å²) in [6.07, 6.45) is 0. The first-order valence-corrected chi connectivity index (χ1v) is 5.96. The van der Waals surface area contributed by atoms with Crippen LogP contribution in [0.15, 0.2) is 30.3 Å². The molecule has 2 rings (SSSR count). The number of carbonyl (C=O) groups is 1. The molecule has 0 aliphatic heterocycles. The molecule has 0 aliphatic rings. The summed E-state index contributed by atoms with van der Waals surface area (Å²) < 4.78 is 19.2. The number of rotatable bonds is 3. The van der Waals surface area contributed by atoms with Gasteiger partial charge in [0.2, 0.25) is 0 Å². The van der Waals surface area contributed by atoms with Gasteiger partial charge >= 0.3 is 5.97 Å². The van der Waals surface area contributed by atoms with E-state index in [4.69, 9.17) is 15.6 Å². The van der Waals surface area contributed by atoms with Gasteiger partial charge in [-0.1, -0.05) is 12.1 Å². The van der Waals surface area contributed by atoms with Crippen LogP contribution >= 0.6 is 0 Å². The Kier molecular flexibility index (Phi) is 3.61. The lowest BCUT2D eigenvalue weighted by Gasteiger charge is -2.12. The molecule has 0 spiro atoms. The highest BCUT2D eigenvalue weighted by atomic mass is 19.1. The number of hydrogen-bond donors (Lipinski definition) is 2. The van der Waals surface area contributed by atoms with E-state index in [0.29, 0.717) is 5.75 Å². The van der Waals surface area contributed by atoms with Crippen molar-refractivity contribution in [3.63, 3.8) is 0 Å². The predicted octanol–water partition coefficient (Wildman–Crippen LogP) is 3.52. The van der Waals surface area contributed by atoms with E-state index in [1.54, 1.807) is 6.07 Å². The number of halogens is 1. The summed E-state index contributed by atoms with van der Waals surface area (Å²) in [6.45, 7) is 3.76. The van der Waals surface area contributed by atoms with Crippen LogP contribution in [0.2, 0.25) is 0 Å². The van der Waals surface area contributed by atoms with Gasteiger partial charge in [-0.2, -0.15) is 0 Å². The Morgan fingerprint density at radius 1 is 1.20 bits per heavy atom. The molecule has 4 nitrogen and oxygen atoms in total. The van der Waals surface area contributed by atoms with Crippen LogP contribution < -0.4 is 10.5 Å². The molecule has 0 radical (unpaired) electrons. The smallest absolute Gasteiger partial charge is 0.338 e. The van der Waals surface area contributed by atoms with Crippen molar-refractivity contribution in [3.8, 4) is 11.5 Å². The van der Waals surface area contributed by atoms with Crippen LogP contribution in [-0.4, -0.2) is 11.1 Å². The van der Waals surface area contributed by atoms with Crippen molar-refractivity contribution in [1.82, 2.24) is 0 Å². The van der Waals surface area contributed by atoms with Gasteiger partial charge in [-0.15, -0.1) is 0 Å². The number of benzene rings is 2. The molecule has 20 heavy (non-hydrogen) atoms. The highest BCUT2D eigenvalue weighted by molar-refractivity contribution is 5.89. The highest BCUT2D eigenvalue weighted by Gasteiger charge is 2.15. The average Bonchev–Trinajstić information content (AvgIpc) is 2.37. The molecule has 2 aromatic rings. The first-order chi connectivity index (χ1) is 9.38. The number of anilines is 1. The van der Waals surface area contributed by atoms with Crippen molar-refractivity contribution < 1.29 is 19.0 Å². The zero-order valence-electron chi connectivity index (χ0n) is 11.1. The summed E-state index contributed by atoms with van der Waals surface area (Å²) >= 11 is 0. The maximum Gasteiger partial charge on any atom is 0.338 e. The molecule has 0 amide bonds. The number of carboxylic acid groups (broad SMARTS) is 1. The van der Waals surface area contributed by atoms with Crippen molar-refractivity contribution in [1.29, 1.82) is 0 Å². The molecule has 0 heterocycles. The molecular formula is C15H14FNO3. The molecule has 0 aliphatic carbocycles. The minimum Gasteiger partial charge on any atom is -0.478 e.